The highest BCUT2D eigenvalue weighted by molar-refractivity contribution is 7.99. The quantitative estimate of drug-likeness (QED) is 0.662. The van der Waals surface area contributed by atoms with Gasteiger partial charge >= 0.3 is 0 Å². The second-order valence-electron chi connectivity index (χ2n) is 4.86. The molecule has 0 saturated heterocycles. The van der Waals surface area contributed by atoms with E-state index < -0.39 is 11.7 Å². The van der Waals surface area contributed by atoms with Gasteiger partial charge in [-0.25, -0.2) is 9.67 Å². The van der Waals surface area contributed by atoms with E-state index in [4.69, 9.17) is 11.6 Å². The number of rotatable bonds is 5. The molecule has 25 heavy (non-hydrogen) atoms. The molecule has 128 valence electrons. The maximum absolute atomic E-state index is 12.4. The first kappa shape index (κ1) is 17.4. The molecule has 3 aromatic rings. The summed E-state index contributed by atoms with van der Waals surface area (Å²) in [7, 11) is 0. The van der Waals surface area contributed by atoms with Gasteiger partial charge in [0.25, 0.3) is 11.7 Å². The van der Waals surface area contributed by atoms with Crippen molar-refractivity contribution in [2.45, 2.75) is 10.7 Å². The number of hydrogen-bond acceptors (Lipinski definition) is 4. The van der Waals surface area contributed by atoms with Crippen LogP contribution in [-0.4, -0.2) is 26.4 Å². The molecule has 1 heterocycles. The van der Waals surface area contributed by atoms with Crippen LogP contribution in [-0.2, 0) is 0 Å². The van der Waals surface area contributed by atoms with E-state index in [0.29, 0.717) is 38.6 Å². The second-order valence-corrected chi connectivity index (χ2v) is 6.36. The first-order valence-corrected chi connectivity index (χ1v) is 8.29. The van der Waals surface area contributed by atoms with Crippen molar-refractivity contribution in [3.63, 3.8) is 0 Å². The molecule has 0 spiro atoms. The fourth-order valence-electron chi connectivity index (χ4n) is 2.12. The average Bonchev–Trinajstić information content (AvgIpc) is 3.09. The number of amides is 1. The maximum atomic E-state index is 12.4. The van der Waals surface area contributed by atoms with Crippen molar-refractivity contribution < 1.29 is 13.6 Å². The normalized spacial score (nSPS) is 10.9. The number of halogens is 3. The third-order valence-corrected chi connectivity index (χ3v) is 4.17. The second kappa shape index (κ2) is 7.62. The van der Waals surface area contributed by atoms with Crippen LogP contribution in [0, 0.1) is 0 Å². The number of benzene rings is 2. The number of hydrogen-bond donors (Lipinski definition) is 1. The van der Waals surface area contributed by atoms with Crippen LogP contribution in [0.25, 0.3) is 5.69 Å². The van der Waals surface area contributed by atoms with Crippen LogP contribution in [0.4, 0.5) is 14.5 Å². The lowest BCUT2D eigenvalue weighted by Crippen LogP contribution is -2.14. The molecule has 0 aliphatic rings. The van der Waals surface area contributed by atoms with E-state index in [-0.39, 0.29) is 0 Å². The van der Waals surface area contributed by atoms with Gasteiger partial charge in [-0.2, -0.15) is 13.9 Å². The summed E-state index contributed by atoms with van der Waals surface area (Å²) in [5.41, 5.74) is 1.39. The summed E-state index contributed by atoms with van der Waals surface area (Å²) in [6.07, 6.45) is 2.87. The van der Waals surface area contributed by atoms with Crippen molar-refractivity contribution in [2.75, 3.05) is 5.32 Å². The summed E-state index contributed by atoms with van der Waals surface area (Å²) in [5.74, 6) is -2.89. The molecule has 1 N–H and O–H groups in total. The molecule has 3 rings (SSSR count). The SMILES string of the molecule is O=C(Nc1cc(Cl)ccc1-n1cncn1)c1ccc(SC(F)F)cc1. The van der Waals surface area contributed by atoms with Crippen LogP contribution in [0.15, 0.2) is 60.0 Å². The van der Waals surface area contributed by atoms with E-state index in [9.17, 15) is 13.6 Å². The van der Waals surface area contributed by atoms with Crippen LogP contribution in [0.3, 0.4) is 0 Å². The molecule has 0 fully saturated rings. The molecule has 5 nitrogen and oxygen atoms in total. The number of alkyl halides is 2. The Morgan fingerprint density at radius 2 is 1.96 bits per heavy atom. The predicted molar refractivity (Wildman–Crippen MR) is 92.6 cm³/mol. The van der Waals surface area contributed by atoms with Crippen LogP contribution < -0.4 is 5.32 Å². The maximum Gasteiger partial charge on any atom is 0.288 e. The Hall–Kier alpha value is -2.45. The molecule has 9 heteroatoms. The molecular weight excluding hydrogens is 370 g/mol. The lowest BCUT2D eigenvalue weighted by atomic mass is 10.2. The molecule has 0 bridgehead atoms. The summed E-state index contributed by atoms with van der Waals surface area (Å²) >= 11 is 6.43. The molecule has 2 aromatic carbocycles. The number of carbonyl (C=O) groups is 1. The lowest BCUT2D eigenvalue weighted by molar-refractivity contribution is 0.102. The van der Waals surface area contributed by atoms with E-state index in [1.807, 2.05) is 0 Å². The zero-order chi connectivity index (χ0) is 17.8. The predicted octanol–water partition coefficient (Wildman–Crippen LogP) is 4.49. The first-order valence-electron chi connectivity index (χ1n) is 7.04. The summed E-state index contributed by atoms with van der Waals surface area (Å²) in [4.78, 5) is 16.7. The molecule has 0 saturated carbocycles. The fourth-order valence-corrected chi connectivity index (χ4v) is 2.79. The lowest BCUT2D eigenvalue weighted by Gasteiger charge is -2.11. The topological polar surface area (TPSA) is 59.8 Å². The van der Waals surface area contributed by atoms with Gasteiger partial charge in [0.15, 0.2) is 0 Å². The van der Waals surface area contributed by atoms with Crippen molar-refractivity contribution in [3.05, 3.63) is 65.7 Å². The Morgan fingerprint density at radius 1 is 1.20 bits per heavy atom. The summed E-state index contributed by atoms with van der Waals surface area (Å²) in [6.45, 7) is 0. The first-order chi connectivity index (χ1) is 12.0. The van der Waals surface area contributed by atoms with Gasteiger partial charge in [-0.05, 0) is 42.5 Å². The van der Waals surface area contributed by atoms with Crippen molar-refractivity contribution in [1.82, 2.24) is 14.8 Å². The van der Waals surface area contributed by atoms with Crippen LogP contribution >= 0.6 is 23.4 Å². The van der Waals surface area contributed by atoms with Gasteiger partial charge in [0.1, 0.15) is 12.7 Å². The summed E-state index contributed by atoms with van der Waals surface area (Å²) in [6, 6.07) is 10.9. The monoisotopic (exact) mass is 380 g/mol. The number of nitrogens with zero attached hydrogens (tertiary/aromatic N) is 3. The minimum absolute atomic E-state index is 0.336. The molecule has 0 radical (unpaired) electrons. The van der Waals surface area contributed by atoms with Gasteiger partial charge < -0.3 is 5.32 Å². The van der Waals surface area contributed by atoms with Crippen LogP contribution in [0.5, 0.6) is 0 Å². The molecular formula is C16H11ClF2N4OS. The molecule has 0 atom stereocenters. The van der Waals surface area contributed by atoms with Crippen molar-refractivity contribution >= 4 is 35.0 Å². The third-order valence-electron chi connectivity index (χ3n) is 3.21. The number of aromatic nitrogens is 3. The number of nitrogens with one attached hydrogen (secondary N) is 1. The van der Waals surface area contributed by atoms with Gasteiger partial charge in [-0.15, -0.1) is 0 Å². The van der Waals surface area contributed by atoms with Crippen molar-refractivity contribution in [3.8, 4) is 5.69 Å². The van der Waals surface area contributed by atoms with Crippen molar-refractivity contribution in [2.24, 2.45) is 0 Å². The molecule has 1 aromatic heterocycles. The highest BCUT2D eigenvalue weighted by Gasteiger charge is 2.12. The minimum Gasteiger partial charge on any atom is -0.320 e. The van der Waals surface area contributed by atoms with Gasteiger partial charge in [-0.1, -0.05) is 23.4 Å². The number of thioether (sulfide) groups is 1. The summed E-state index contributed by atoms with van der Waals surface area (Å²) < 4.78 is 26.2. The highest BCUT2D eigenvalue weighted by atomic mass is 35.5. The molecule has 0 unspecified atom stereocenters. The molecule has 1 amide bonds. The van der Waals surface area contributed by atoms with E-state index >= 15 is 0 Å². The smallest absolute Gasteiger partial charge is 0.288 e. The average molecular weight is 381 g/mol. The largest absolute Gasteiger partial charge is 0.320 e. The van der Waals surface area contributed by atoms with Crippen LogP contribution in [0.1, 0.15) is 10.4 Å². The van der Waals surface area contributed by atoms with E-state index in [0.717, 1.165) is 0 Å². The Labute approximate surface area is 151 Å². The molecule has 0 aliphatic heterocycles. The molecule has 0 aliphatic carbocycles. The van der Waals surface area contributed by atoms with Gasteiger partial charge in [0.2, 0.25) is 0 Å². The Bertz CT molecular complexity index is 872. The Kier molecular flexibility index (Phi) is 5.30. The van der Waals surface area contributed by atoms with Crippen molar-refractivity contribution in [1.29, 1.82) is 0 Å². The zero-order valence-electron chi connectivity index (χ0n) is 12.6. The van der Waals surface area contributed by atoms with Crippen LogP contribution in [0.2, 0.25) is 5.02 Å². The zero-order valence-corrected chi connectivity index (χ0v) is 14.1. The number of carbonyl (C=O) groups excluding carboxylic acids is 1. The minimum atomic E-state index is -2.50. The van der Waals surface area contributed by atoms with Gasteiger partial charge in [-0.3, -0.25) is 4.79 Å². The van der Waals surface area contributed by atoms with E-state index in [1.54, 1.807) is 18.2 Å². The number of anilines is 1. The highest BCUT2D eigenvalue weighted by Crippen LogP contribution is 2.27. The fraction of sp³-hybridized carbons (Fsp3) is 0.0625. The third kappa shape index (κ3) is 4.34. The van der Waals surface area contributed by atoms with E-state index in [1.165, 1.54) is 41.6 Å². The van der Waals surface area contributed by atoms with Gasteiger partial charge in [0.05, 0.1) is 11.4 Å². The standard InChI is InChI=1S/C16H11ClF2N4OS/c17-11-3-6-14(23-9-20-8-21-23)13(7-11)22-15(24)10-1-4-12(5-2-10)25-16(18)19/h1-9,16H,(H,22,24). The Balaban J connectivity index is 1.82. The summed E-state index contributed by atoms with van der Waals surface area (Å²) in [5, 5.41) is 7.23. The van der Waals surface area contributed by atoms with Gasteiger partial charge in [0, 0.05) is 15.5 Å². The Morgan fingerprint density at radius 3 is 2.60 bits per heavy atom. The van der Waals surface area contributed by atoms with E-state index in [2.05, 4.69) is 15.4 Å².